The van der Waals surface area contributed by atoms with E-state index in [1.165, 1.54) is 12.1 Å². The lowest BCUT2D eigenvalue weighted by atomic mass is 9.99. The summed E-state index contributed by atoms with van der Waals surface area (Å²) in [5.41, 5.74) is 7.69. The Kier molecular flexibility index (Phi) is 5.14. The van der Waals surface area contributed by atoms with Gasteiger partial charge in [0.2, 0.25) is 0 Å². The van der Waals surface area contributed by atoms with Gasteiger partial charge in [0.25, 0.3) is 0 Å². The number of halogens is 3. The molecule has 3 nitrogen and oxygen atoms in total. The Morgan fingerprint density at radius 2 is 1.81 bits per heavy atom. The summed E-state index contributed by atoms with van der Waals surface area (Å²) >= 11 is 3.39. The average molecular weight is 358 g/mol. The summed E-state index contributed by atoms with van der Waals surface area (Å²) in [4.78, 5) is 0. The molecule has 2 rings (SSSR count). The first-order valence-electron chi connectivity index (χ1n) is 6.15. The summed E-state index contributed by atoms with van der Waals surface area (Å²) < 4.78 is 34.8. The fourth-order valence-corrected chi connectivity index (χ4v) is 2.51. The minimum atomic E-state index is -2.85. The van der Waals surface area contributed by atoms with E-state index < -0.39 is 12.7 Å². The summed E-state index contributed by atoms with van der Waals surface area (Å²) in [5, 5.41) is 0. The Morgan fingerprint density at radius 3 is 2.43 bits per heavy atom. The van der Waals surface area contributed by atoms with Crippen LogP contribution >= 0.6 is 15.9 Å². The number of rotatable bonds is 5. The smallest absolute Gasteiger partial charge is 0.387 e. The first-order valence-corrected chi connectivity index (χ1v) is 6.94. The molecule has 21 heavy (non-hydrogen) atoms. The van der Waals surface area contributed by atoms with E-state index >= 15 is 0 Å². The number of ether oxygens (including phenoxy) is 2. The van der Waals surface area contributed by atoms with Gasteiger partial charge in [0.05, 0.1) is 17.6 Å². The van der Waals surface area contributed by atoms with E-state index in [1.54, 1.807) is 25.3 Å². The second-order valence-electron chi connectivity index (χ2n) is 4.32. The van der Waals surface area contributed by atoms with Crippen molar-refractivity contribution in [3.05, 3.63) is 58.1 Å². The molecule has 0 aliphatic rings. The SMILES string of the molecule is COc1ccc(C(N)c2cccc(OC(F)F)c2)cc1Br. The van der Waals surface area contributed by atoms with Crippen molar-refractivity contribution in [1.29, 1.82) is 0 Å². The lowest BCUT2D eigenvalue weighted by Crippen LogP contribution is -2.12. The summed E-state index contributed by atoms with van der Waals surface area (Å²) in [6.45, 7) is -2.85. The van der Waals surface area contributed by atoms with Crippen molar-refractivity contribution >= 4 is 15.9 Å². The summed E-state index contributed by atoms with van der Waals surface area (Å²) in [5.74, 6) is 0.784. The van der Waals surface area contributed by atoms with Gasteiger partial charge in [-0.3, -0.25) is 0 Å². The number of benzene rings is 2. The molecule has 0 saturated heterocycles. The summed E-state index contributed by atoms with van der Waals surface area (Å²) in [6.07, 6.45) is 0. The third-order valence-corrected chi connectivity index (χ3v) is 3.60. The van der Waals surface area contributed by atoms with Gasteiger partial charge in [0.15, 0.2) is 0 Å². The number of methoxy groups -OCH3 is 1. The van der Waals surface area contributed by atoms with Gasteiger partial charge < -0.3 is 15.2 Å². The molecule has 0 amide bonds. The van der Waals surface area contributed by atoms with E-state index in [0.29, 0.717) is 11.3 Å². The molecule has 0 heterocycles. The molecule has 112 valence electrons. The van der Waals surface area contributed by atoms with Crippen molar-refractivity contribution in [3.8, 4) is 11.5 Å². The van der Waals surface area contributed by atoms with Crippen LogP contribution in [0.15, 0.2) is 46.9 Å². The van der Waals surface area contributed by atoms with Gasteiger partial charge in [-0.05, 0) is 51.3 Å². The van der Waals surface area contributed by atoms with E-state index in [-0.39, 0.29) is 5.75 Å². The molecule has 0 saturated carbocycles. The molecular weight excluding hydrogens is 344 g/mol. The molecule has 1 atom stereocenters. The first kappa shape index (κ1) is 15.7. The number of hydrogen-bond acceptors (Lipinski definition) is 3. The van der Waals surface area contributed by atoms with E-state index in [4.69, 9.17) is 10.5 Å². The quantitative estimate of drug-likeness (QED) is 0.875. The second-order valence-corrected chi connectivity index (χ2v) is 5.18. The third kappa shape index (κ3) is 3.92. The minimum absolute atomic E-state index is 0.0885. The number of hydrogen-bond donors (Lipinski definition) is 1. The monoisotopic (exact) mass is 357 g/mol. The van der Waals surface area contributed by atoms with Crippen molar-refractivity contribution in [2.75, 3.05) is 7.11 Å². The van der Waals surface area contributed by atoms with Crippen LogP contribution in [0.5, 0.6) is 11.5 Å². The lowest BCUT2D eigenvalue weighted by molar-refractivity contribution is -0.0498. The molecule has 2 aromatic carbocycles. The minimum Gasteiger partial charge on any atom is -0.496 e. The fourth-order valence-electron chi connectivity index (χ4n) is 1.95. The Morgan fingerprint density at radius 1 is 1.10 bits per heavy atom. The zero-order valence-electron chi connectivity index (χ0n) is 11.2. The molecule has 0 aliphatic carbocycles. The van der Waals surface area contributed by atoms with Crippen LogP contribution in [-0.4, -0.2) is 13.7 Å². The van der Waals surface area contributed by atoms with Crippen molar-refractivity contribution in [2.45, 2.75) is 12.7 Å². The largest absolute Gasteiger partial charge is 0.496 e. The summed E-state index contributed by atoms with van der Waals surface area (Å²) in [7, 11) is 1.57. The Labute approximate surface area is 129 Å². The predicted molar refractivity (Wildman–Crippen MR) is 79.8 cm³/mol. The third-order valence-electron chi connectivity index (χ3n) is 2.98. The zero-order valence-corrected chi connectivity index (χ0v) is 12.8. The van der Waals surface area contributed by atoms with E-state index in [2.05, 4.69) is 20.7 Å². The number of nitrogens with two attached hydrogens (primary N) is 1. The number of alkyl halides is 2. The highest BCUT2D eigenvalue weighted by Gasteiger charge is 2.13. The Hall–Kier alpha value is -1.66. The predicted octanol–water partition coefficient (Wildman–Crippen LogP) is 4.11. The topological polar surface area (TPSA) is 44.5 Å². The van der Waals surface area contributed by atoms with Crippen LogP contribution in [0, 0.1) is 0 Å². The normalized spacial score (nSPS) is 12.3. The maximum absolute atomic E-state index is 12.2. The highest BCUT2D eigenvalue weighted by atomic mass is 79.9. The van der Waals surface area contributed by atoms with E-state index in [1.807, 2.05) is 12.1 Å². The molecular formula is C15H14BrF2NO2. The van der Waals surface area contributed by atoms with Gasteiger partial charge in [0.1, 0.15) is 11.5 Å². The lowest BCUT2D eigenvalue weighted by Gasteiger charge is -2.15. The Balaban J connectivity index is 2.27. The van der Waals surface area contributed by atoms with Crippen LogP contribution in [-0.2, 0) is 0 Å². The second kappa shape index (κ2) is 6.87. The van der Waals surface area contributed by atoms with Crippen LogP contribution in [0.1, 0.15) is 17.2 Å². The molecule has 0 aliphatic heterocycles. The van der Waals surface area contributed by atoms with Crippen LogP contribution in [0.2, 0.25) is 0 Å². The Bertz CT molecular complexity index is 622. The van der Waals surface area contributed by atoms with Gasteiger partial charge in [-0.2, -0.15) is 8.78 Å². The summed E-state index contributed by atoms with van der Waals surface area (Å²) in [6, 6.07) is 11.4. The van der Waals surface area contributed by atoms with Gasteiger partial charge in [-0.25, -0.2) is 0 Å². The maximum Gasteiger partial charge on any atom is 0.387 e. The van der Waals surface area contributed by atoms with Crippen molar-refractivity contribution in [3.63, 3.8) is 0 Å². The van der Waals surface area contributed by atoms with Crippen LogP contribution < -0.4 is 15.2 Å². The highest BCUT2D eigenvalue weighted by molar-refractivity contribution is 9.10. The zero-order chi connectivity index (χ0) is 15.4. The van der Waals surface area contributed by atoms with Gasteiger partial charge >= 0.3 is 6.61 Å². The standard InChI is InChI=1S/C15H14BrF2NO2/c1-20-13-6-5-10(8-12(13)16)14(19)9-3-2-4-11(7-9)21-15(17)18/h2-8,14-15H,19H2,1H3. The molecule has 0 aromatic heterocycles. The van der Waals surface area contributed by atoms with Gasteiger partial charge in [0, 0.05) is 0 Å². The average Bonchev–Trinajstić information content (AvgIpc) is 2.46. The molecule has 2 aromatic rings. The van der Waals surface area contributed by atoms with Crippen molar-refractivity contribution < 1.29 is 18.3 Å². The fraction of sp³-hybridized carbons (Fsp3) is 0.200. The molecule has 1 unspecified atom stereocenters. The first-order chi connectivity index (χ1) is 10.0. The van der Waals surface area contributed by atoms with Crippen molar-refractivity contribution in [2.24, 2.45) is 5.73 Å². The molecule has 0 spiro atoms. The van der Waals surface area contributed by atoms with Crippen LogP contribution in [0.3, 0.4) is 0 Å². The van der Waals surface area contributed by atoms with E-state index in [9.17, 15) is 8.78 Å². The van der Waals surface area contributed by atoms with Crippen LogP contribution in [0.4, 0.5) is 8.78 Å². The highest BCUT2D eigenvalue weighted by Crippen LogP contribution is 2.30. The van der Waals surface area contributed by atoms with Gasteiger partial charge in [-0.1, -0.05) is 18.2 Å². The molecule has 2 N–H and O–H groups in total. The molecule has 0 fully saturated rings. The molecule has 0 bridgehead atoms. The van der Waals surface area contributed by atoms with Crippen LogP contribution in [0.25, 0.3) is 0 Å². The van der Waals surface area contributed by atoms with Crippen molar-refractivity contribution in [1.82, 2.24) is 0 Å². The maximum atomic E-state index is 12.2. The van der Waals surface area contributed by atoms with E-state index in [0.717, 1.165) is 10.0 Å². The molecule has 6 heteroatoms. The van der Waals surface area contributed by atoms with Gasteiger partial charge in [-0.15, -0.1) is 0 Å². The molecule has 0 radical (unpaired) electrons.